The van der Waals surface area contributed by atoms with Crippen LogP contribution in [0.2, 0.25) is 0 Å². The number of aromatic carboxylic acids is 1. The molecule has 0 radical (unpaired) electrons. The number of carbonyl (C=O) groups is 1. The van der Waals surface area contributed by atoms with E-state index in [-0.39, 0.29) is 11.6 Å². The summed E-state index contributed by atoms with van der Waals surface area (Å²) in [4.78, 5) is 11.2. The van der Waals surface area contributed by atoms with Gasteiger partial charge in [-0.2, -0.15) is 5.10 Å². The number of hydrogen-bond donors (Lipinski definition) is 2. The minimum Gasteiger partial charge on any atom is -0.476 e. The minimum absolute atomic E-state index is 0.127. The van der Waals surface area contributed by atoms with Gasteiger partial charge in [0.15, 0.2) is 5.69 Å². The summed E-state index contributed by atoms with van der Waals surface area (Å²) in [6, 6.07) is 9.82. The lowest BCUT2D eigenvalue weighted by molar-refractivity contribution is 0.0689. The van der Waals surface area contributed by atoms with E-state index in [1.807, 2.05) is 44.2 Å². The second kappa shape index (κ2) is 5.04. The third-order valence-electron chi connectivity index (χ3n) is 2.90. The molecule has 0 atom stereocenters. The number of aromatic amines is 1. The average molecular weight is 244 g/mol. The molecule has 18 heavy (non-hydrogen) atoms. The molecular formula is C14H16N2O2. The van der Waals surface area contributed by atoms with Gasteiger partial charge in [-0.25, -0.2) is 4.79 Å². The topological polar surface area (TPSA) is 66.0 Å². The Bertz CT molecular complexity index is 544. The SMILES string of the molecule is CC(C)c1[nH]nc(C(=O)O)c1Cc1ccccc1. The highest BCUT2D eigenvalue weighted by atomic mass is 16.4. The molecule has 0 saturated heterocycles. The van der Waals surface area contributed by atoms with Crippen molar-refractivity contribution in [3.63, 3.8) is 0 Å². The molecule has 1 aromatic heterocycles. The molecule has 0 amide bonds. The number of aromatic nitrogens is 2. The van der Waals surface area contributed by atoms with Crippen LogP contribution in [0.4, 0.5) is 0 Å². The maximum absolute atomic E-state index is 11.2. The lowest BCUT2D eigenvalue weighted by Gasteiger charge is -2.07. The predicted octanol–water partition coefficient (Wildman–Crippen LogP) is 2.82. The fourth-order valence-electron chi connectivity index (χ4n) is 2.01. The first-order valence-corrected chi connectivity index (χ1v) is 5.94. The largest absolute Gasteiger partial charge is 0.476 e. The summed E-state index contributed by atoms with van der Waals surface area (Å²) in [5.41, 5.74) is 2.89. The van der Waals surface area contributed by atoms with Gasteiger partial charge in [-0.15, -0.1) is 0 Å². The van der Waals surface area contributed by atoms with E-state index in [0.29, 0.717) is 6.42 Å². The number of H-pyrrole nitrogens is 1. The van der Waals surface area contributed by atoms with Crippen LogP contribution in [-0.2, 0) is 6.42 Å². The van der Waals surface area contributed by atoms with Crippen LogP contribution in [0.25, 0.3) is 0 Å². The van der Waals surface area contributed by atoms with Crippen molar-refractivity contribution in [1.82, 2.24) is 10.2 Å². The van der Waals surface area contributed by atoms with Gasteiger partial charge in [0, 0.05) is 17.7 Å². The molecule has 2 rings (SSSR count). The molecule has 1 aromatic carbocycles. The van der Waals surface area contributed by atoms with Gasteiger partial charge in [-0.1, -0.05) is 44.2 Å². The van der Waals surface area contributed by atoms with E-state index in [0.717, 1.165) is 16.8 Å². The average Bonchev–Trinajstić information content (AvgIpc) is 2.74. The van der Waals surface area contributed by atoms with Crippen LogP contribution in [0.1, 0.15) is 47.1 Å². The standard InChI is InChI=1S/C14H16N2O2/c1-9(2)12-11(13(14(17)18)16-15-12)8-10-6-4-3-5-7-10/h3-7,9H,8H2,1-2H3,(H,15,16)(H,17,18). The van der Waals surface area contributed by atoms with Crippen LogP contribution in [0.15, 0.2) is 30.3 Å². The summed E-state index contributed by atoms with van der Waals surface area (Å²) in [6.45, 7) is 4.04. The summed E-state index contributed by atoms with van der Waals surface area (Å²) in [5.74, 6) is -0.756. The van der Waals surface area contributed by atoms with E-state index in [1.165, 1.54) is 0 Å². The monoisotopic (exact) mass is 244 g/mol. The summed E-state index contributed by atoms with van der Waals surface area (Å²) in [7, 11) is 0. The molecule has 4 heteroatoms. The van der Waals surface area contributed by atoms with Crippen molar-refractivity contribution in [3.05, 3.63) is 52.8 Å². The molecule has 0 fully saturated rings. The Hall–Kier alpha value is -2.10. The fraction of sp³-hybridized carbons (Fsp3) is 0.286. The molecule has 4 nitrogen and oxygen atoms in total. The zero-order valence-electron chi connectivity index (χ0n) is 10.5. The molecule has 0 unspecified atom stereocenters. The van der Waals surface area contributed by atoms with Crippen molar-refractivity contribution < 1.29 is 9.90 Å². The zero-order chi connectivity index (χ0) is 13.1. The van der Waals surface area contributed by atoms with Gasteiger partial charge in [0.05, 0.1) is 0 Å². The lowest BCUT2D eigenvalue weighted by Crippen LogP contribution is -2.04. The first-order valence-electron chi connectivity index (χ1n) is 5.94. The molecule has 0 aliphatic rings. The molecule has 2 N–H and O–H groups in total. The third kappa shape index (κ3) is 2.42. The smallest absolute Gasteiger partial charge is 0.356 e. The normalized spacial score (nSPS) is 10.8. The van der Waals surface area contributed by atoms with Crippen LogP contribution in [0.5, 0.6) is 0 Å². The predicted molar refractivity (Wildman–Crippen MR) is 68.9 cm³/mol. The molecular weight excluding hydrogens is 228 g/mol. The second-order valence-corrected chi connectivity index (χ2v) is 4.59. The van der Waals surface area contributed by atoms with E-state index >= 15 is 0 Å². The molecule has 0 spiro atoms. The van der Waals surface area contributed by atoms with E-state index < -0.39 is 5.97 Å². The number of rotatable bonds is 4. The maximum atomic E-state index is 11.2. The van der Waals surface area contributed by atoms with E-state index in [4.69, 9.17) is 5.11 Å². The Morgan fingerprint density at radius 3 is 2.56 bits per heavy atom. The molecule has 94 valence electrons. The maximum Gasteiger partial charge on any atom is 0.356 e. The molecule has 1 heterocycles. The summed E-state index contributed by atoms with van der Waals surface area (Å²) in [6.07, 6.45) is 0.590. The zero-order valence-corrected chi connectivity index (χ0v) is 10.5. The van der Waals surface area contributed by atoms with Crippen molar-refractivity contribution in [2.75, 3.05) is 0 Å². The van der Waals surface area contributed by atoms with Crippen molar-refractivity contribution in [1.29, 1.82) is 0 Å². The highest BCUT2D eigenvalue weighted by Gasteiger charge is 2.20. The van der Waals surface area contributed by atoms with Crippen LogP contribution in [-0.4, -0.2) is 21.3 Å². The Labute approximate surface area is 106 Å². The Morgan fingerprint density at radius 1 is 1.33 bits per heavy atom. The van der Waals surface area contributed by atoms with E-state index in [2.05, 4.69) is 10.2 Å². The van der Waals surface area contributed by atoms with Crippen LogP contribution >= 0.6 is 0 Å². The fourth-order valence-corrected chi connectivity index (χ4v) is 2.01. The number of hydrogen-bond acceptors (Lipinski definition) is 2. The number of nitrogens with one attached hydrogen (secondary N) is 1. The van der Waals surface area contributed by atoms with Crippen molar-refractivity contribution >= 4 is 5.97 Å². The van der Waals surface area contributed by atoms with Gasteiger partial charge in [0.1, 0.15) is 0 Å². The molecule has 0 aliphatic heterocycles. The third-order valence-corrected chi connectivity index (χ3v) is 2.90. The summed E-state index contributed by atoms with van der Waals surface area (Å²) >= 11 is 0. The first kappa shape index (κ1) is 12.4. The summed E-state index contributed by atoms with van der Waals surface area (Å²) < 4.78 is 0. The highest BCUT2D eigenvalue weighted by Crippen LogP contribution is 2.23. The Morgan fingerprint density at radius 2 is 2.00 bits per heavy atom. The second-order valence-electron chi connectivity index (χ2n) is 4.59. The van der Waals surface area contributed by atoms with Crippen molar-refractivity contribution in [2.24, 2.45) is 0 Å². The van der Waals surface area contributed by atoms with Gasteiger partial charge >= 0.3 is 5.97 Å². The molecule has 2 aromatic rings. The van der Waals surface area contributed by atoms with Gasteiger partial charge in [-0.05, 0) is 11.5 Å². The van der Waals surface area contributed by atoms with Gasteiger partial charge < -0.3 is 5.11 Å². The van der Waals surface area contributed by atoms with Crippen LogP contribution in [0, 0.1) is 0 Å². The summed E-state index contributed by atoms with van der Waals surface area (Å²) in [5, 5.41) is 15.9. The molecule has 0 bridgehead atoms. The van der Waals surface area contributed by atoms with Gasteiger partial charge in [0.2, 0.25) is 0 Å². The lowest BCUT2D eigenvalue weighted by atomic mass is 9.97. The number of carboxylic acid groups (broad SMARTS) is 1. The van der Waals surface area contributed by atoms with E-state index in [9.17, 15) is 4.79 Å². The molecule has 0 aliphatic carbocycles. The van der Waals surface area contributed by atoms with Crippen LogP contribution in [0.3, 0.4) is 0 Å². The highest BCUT2D eigenvalue weighted by molar-refractivity contribution is 5.87. The van der Waals surface area contributed by atoms with Gasteiger partial charge in [-0.3, -0.25) is 5.10 Å². The first-order chi connectivity index (χ1) is 8.59. The molecule has 0 saturated carbocycles. The van der Waals surface area contributed by atoms with Crippen molar-refractivity contribution in [3.8, 4) is 0 Å². The Balaban J connectivity index is 2.41. The van der Waals surface area contributed by atoms with Crippen LogP contribution < -0.4 is 0 Å². The van der Waals surface area contributed by atoms with Crippen molar-refractivity contribution in [2.45, 2.75) is 26.2 Å². The number of carboxylic acids is 1. The minimum atomic E-state index is -0.982. The van der Waals surface area contributed by atoms with E-state index in [1.54, 1.807) is 0 Å². The van der Waals surface area contributed by atoms with Gasteiger partial charge in [0.25, 0.3) is 0 Å². The Kier molecular flexibility index (Phi) is 3.46. The number of benzene rings is 1. The quantitative estimate of drug-likeness (QED) is 0.869. The number of nitrogens with zero attached hydrogens (tertiary/aromatic N) is 1.